The van der Waals surface area contributed by atoms with Gasteiger partial charge >= 0.3 is 0 Å². The highest BCUT2D eigenvalue weighted by Gasteiger charge is 2.26. The third-order valence-electron chi connectivity index (χ3n) is 4.83. The first kappa shape index (κ1) is 22.2. The number of aliphatic hydroxyl groups is 1. The minimum atomic E-state index is -0.787. The van der Waals surface area contributed by atoms with E-state index in [1.165, 1.54) is 42.1 Å². The smallest absolute Gasteiger partial charge is 0.246 e. The molecule has 1 aliphatic rings. The molecule has 1 aliphatic carbocycles. The molecule has 0 heterocycles. The maximum atomic E-state index is 11.7. The number of amides is 1. The maximum Gasteiger partial charge on any atom is 0.246 e. The molecule has 0 aromatic heterocycles. The van der Waals surface area contributed by atoms with Crippen molar-refractivity contribution in [2.24, 2.45) is 5.41 Å². The first-order chi connectivity index (χ1) is 12.2. The van der Waals surface area contributed by atoms with E-state index in [1.54, 1.807) is 0 Å². The molecule has 1 rings (SSSR count). The molecule has 0 fully saturated rings. The number of rotatable bonds is 7. The van der Waals surface area contributed by atoms with Gasteiger partial charge in [0.15, 0.2) is 0 Å². The Hall–Kier alpha value is -1.87. The van der Waals surface area contributed by atoms with Gasteiger partial charge in [0.25, 0.3) is 0 Å². The van der Waals surface area contributed by atoms with Crippen LogP contribution in [-0.2, 0) is 4.79 Å². The summed E-state index contributed by atoms with van der Waals surface area (Å²) in [4.78, 5) is 11.7. The van der Waals surface area contributed by atoms with Gasteiger partial charge in [0.1, 0.15) is 6.23 Å². The van der Waals surface area contributed by atoms with Gasteiger partial charge in [-0.1, -0.05) is 62.3 Å². The lowest BCUT2D eigenvalue weighted by molar-refractivity contribution is -0.119. The van der Waals surface area contributed by atoms with Crippen molar-refractivity contribution >= 4 is 5.91 Å². The summed E-state index contributed by atoms with van der Waals surface area (Å²) in [6.07, 6.45) is 15.2. The number of nitrogens with one attached hydrogen (secondary N) is 1. The van der Waals surface area contributed by atoms with Crippen molar-refractivity contribution in [1.29, 1.82) is 0 Å². The van der Waals surface area contributed by atoms with Crippen molar-refractivity contribution in [3.05, 3.63) is 58.7 Å². The van der Waals surface area contributed by atoms with E-state index in [0.29, 0.717) is 6.42 Å². The Labute approximate surface area is 159 Å². The van der Waals surface area contributed by atoms with E-state index in [9.17, 15) is 9.90 Å². The van der Waals surface area contributed by atoms with Crippen LogP contribution >= 0.6 is 0 Å². The second kappa shape index (κ2) is 10.3. The molecule has 3 nitrogen and oxygen atoms in total. The highest BCUT2D eigenvalue weighted by atomic mass is 16.3. The molecular weight excluding hydrogens is 322 g/mol. The number of aliphatic hydroxyl groups excluding tert-OH is 1. The summed E-state index contributed by atoms with van der Waals surface area (Å²) >= 11 is 0. The molecule has 0 aliphatic heterocycles. The fourth-order valence-corrected chi connectivity index (χ4v) is 3.20. The first-order valence-corrected chi connectivity index (χ1v) is 9.56. The van der Waals surface area contributed by atoms with Crippen molar-refractivity contribution < 1.29 is 9.90 Å². The van der Waals surface area contributed by atoms with Gasteiger partial charge in [0.05, 0.1) is 0 Å². The lowest BCUT2D eigenvalue weighted by Gasteiger charge is -2.32. The Balaban J connectivity index is 2.70. The molecule has 0 aromatic carbocycles. The SMILES string of the molecule is CCC(O)NC(=O)/C=C(C)/C=C/C=C(C)\C=C\C1=C(C)CCCC1(C)C. The minimum Gasteiger partial charge on any atom is -0.374 e. The summed E-state index contributed by atoms with van der Waals surface area (Å²) in [7, 11) is 0. The van der Waals surface area contributed by atoms with Crippen LogP contribution in [0.3, 0.4) is 0 Å². The molecule has 1 amide bonds. The monoisotopic (exact) mass is 357 g/mol. The number of allylic oxidation sites excluding steroid dienone is 9. The Morgan fingerprint density at radius 3 is 2.58 bits per heavy atom. The summed E-state index contributed by atoms with van der Waals surface area (Å²) in [5.41, 5.74) is 5.22. The van der Waals surface area contributed by atoms with Gasteiger partial charge in [-0.25, -0.2) is 0 Å². The van der Waals surface area contributed by atoms with Gasteiger partial charge in [-0.2, -0.15) is 0 Å². The van der Waals surface area contributed by atoms with Crippen LogP contribution in [0.2, 0.25) is 0 Å². The van der Waals surface area contributed by atoms with E-state index in [1.807, 2.05) is 32.1 Å². The molecule has 0 radical (unpaired) electrons. The average Bonchev–Trinajstić information content (AvgIpc) is 2.53. The van der Waals surface area contributed by atoms with E-state index in [-0.39, 0.29) is 11.3 Å². The number of carbonyl (C=O) groups is 1. The molecule has 1 unspecified atom stereocenters. The Morgan fingerprint density at radius 1 is 1.27 bits per heavy atom. The predicted octanol–water partition coefficient (Wildman–Crippen LogP) is 5.36. The molecule has 144 valence electrons. The number of hydrogen-bond acceptors (Lipinski definition) is 2. The van der Waals surface area contributed by atoms with Gasteiger partial charge in [-0.05, 0) is 63.0 Å². The minimum absolute atomic E-state index is 0.255. The van der Waals surface area contributed by atoms with Crippen molar-refractivity contribution in [3.63, 3.8) is 0 Å². The molecule has 3 heteroatoms. The number of hydrogen-bond donors (Lipinski definition) is 2. The largest absolute Gasteiger partial charge is 0.374 e. The van der Waals surface area contributed by atoms with Crippen LogP contribution in [-0.4, -0.2) is 17.2 Å². The van der Waals surface area contributed by atoms with Crippen LogP contribution in [0.1, 0.15) is 67.2 Å². The van der Waals surface area contributed by atoms with Crippen LogP contribution in [0.15, 0.2) is 58.7 Å². The zero-order chi connectivity index (χ0) is 19.7. The van der Waals surface area contributed by atoms with Gasteiger partial charge in [0, 0.05) is 6.08 Å². The molecule has 0 bridgehead atoms. The molecule has 1 atom stereocenters. The van der Waals surface area contributed by atoms with Crippen molar-refractivity contribution in [2.75, 3.05) is 0 Å². The first-order valence-electron chi connectivity index (χ1n) is 9.56. The van der Waals surface area contributed by atoms with Gasteiger partial charge in [-0.3, -0.25) is 4.79 Å². The van der Waals surface area contributed by atoms with E-state index < -0.39 is 6.23 Å². The van der Waals surface area contributed by atoms with E-state index >= 15 is 0 Å². The molecule has 2 N–H and O–H groups in total. The fraction of sp³-hybridized carbons (Fsp3) is 0.522. The normalized spacial score (nSPS) is 20.1. The van der Waals surface area contributed by atoms with Crippen molar-refractivity contribution in [3.8, 4) is 0 Å². The standard InChI is InChI=1S/C23H35NO2/c1-7-21(25)24-22(26)16-18(3)11-8-10-17(2)13-14-20-19(4)12-9-15-23(20,5)6/h8,10-11,13-14,16,21,25H,7,9,12,15H2,1-6H3,(H,24,26)/b11-8+,14-13+,17-10-,18-16+. The zero-order valence-electron chi connectivity index (χ0n) is 17.2. The van der Waals surface area contributed by atoms with Gasteiger partial charge in [-0.15, -0.1) is 0 Å². The molecule has 0 saturated carbocycles. The molecule has 26 heavy (non-hydrogen) atoms. The van der Waals surface area contributed by atoms with E-state index in [0.717, 1.165) is 5.57 Å². The summed E-state index contributed by atoms with van der Waals surface area (Å²) in [5, 5.41) is 11.9. The van der Waals surface area contributed by atoms with Crippen molar-refractivity contribution in [2.45, 2.75) is 73.5 Å². The highest BCUT2D eigenvalue weighted by molar-refractivity contribution is 5.88. The molecule has 0 spiro atoms. The van der Waals surface area contributed by atoms with E-state index in [2.05, 4.69) is 45.2 Å². The van der Waals surface area contributed by atoms with Crippen LogP contribution in [0.4, 0.5) is 0 Å². The summed E-state index contributed by atoms with van der Waals surface area (Å²) in [6, 6.07) is 0. The molecule has 0 aromatic rings. The van der Waals surface area contributed by atoms with Crippen LogP contribution < -0.4 is 5.32 Å². The fourth-order valence-electron chi connectivity index (χ4n) is 3.20. The van der Waals surface area contributed by atoms with E-state index in [4.69, 9.17) is 0 Å². The van der Waals surface area contributed by atoms with Crippen LogP contribution in [0.25, 0.3) is 0 Å². The molecular formula is C23H35NO2. The Morgan fingerprint density at radius 2 is 1.96 bits per heavy atom. The van der Waals surface area contributed by atoms with Crippen LogP contribution in [0, 0.1) is 5.41 Å². The second-order valence-electron chi connectivity index (χ2n) is 7.86. The number of carbonyl (C=O) groups excluding carboxylic acids is 1. The topological polar surface area (TPSA) is 49.3 Å². The third kappa shape index (κ3) is 7.57. The second-order valence-corrected chi connectivity index (χ2v) is 7.86. The quantitative estimate of drug-likeness (QED) is 0.366. The third-order valence-corrected chi connectivity index (χ3v) is 4.83. The Bertz CT molecular complexity index is 645. The zero-order valence-corrected chi connectivity index (χ0v) is 17.2. The van der Waals surface area contributed by atoms with Gasteiger partial charge in [0.2, 0.25) is 5.91 Å². The van der Waals surface area contributed by atoms with Crippen molar-refractivity contribution in [1.82, 2.24) is 5.32 Å². The summed E-state index contributed by atoms with van der Waals surface area (Å²) in [6.45, 7) is 12.6. The molecule has 0 saturated heterocycles. The van der Waals surface area contributed by atoms with Gasteiger partial charge < -0.3 is 10.4 Å². The summed E-state index contributed by atoms with van der Waals surface area (Å²) in [5.74, 6) is -0.274. The summed E-state index contributed by atoms with van der Waals surface area (Å²) < 4.78 is 0. The lowest BCUT2D eigenvalue weighted by Crippen LogP contribution is -2.32. The predicted molar refractivity (Wildman–Crippen MR) is 111 cm³/mol. The maximum absolute atomic E-state index is 11.7. The average molecular weight is 358 g/mol. The Kier molecular flexibility index (Phi) is 8.80. The lowest BCUT2D eigenvalue weighted by atomic mass is 9.72. The highest BCUT2D eigenvalue weighted by Crippen LogP contribution is 2.40. The van der Waals surface area contributed by atoms with Crippen LogP contribution in [0.5, 0.6) is 0 Å².